The maximum Gasteiger partial charge on any atom is 0.245 e. The molecule has 0 amide bonds. The minimum Gasteiger partial charge on any atom is -0.375 e. The summed E-state index contributed by atoms with van der Waals surface area (Å²) in [6, 6.07) is 18.2. The van der Waals surface area contributed by atoms with Gasteiger partial charge in [-0.25, -0.2) is 0 Å². The lowest BCUT2D eigenvalue weighted by Gasteiger charge is -2.04. The van der Waals surface area contributed by atoms with Crippen molar-refractivity contribution < 1.29 is 4.52 Å². The van der Waals surface area contributed by atoms with Gasteiger partial charge in [-0.15, -0.1) is 0 Å². The Morgan fingerprint density at radius 2 is 1.76 bits per heavy atom. The molecular weight excluding hydrogens is 377 g/mol. The molecule has 0 bridgehead atoms. The Hall–Kier alpha value is -1.89. The van der Waals surface area contributed by atoms with Crippen LogP contribution in [0.25, 0.3) is 0 Å². The highest BCUT2D eigenvalue weighted by atomic mass is 127. The molecule has 0 aliphatic rings. The molecule has 0 fully saturated rings. The number of halogens is 1. The number of aromatic nitrogens is 2. The van der Waals surface area contributed by atoms with E-state index in [4.69, 9.17) is 4.52 Å². The first kappa shape index (κ1) is 14.1. The lowest BCUT2D eigenvalue weighted by atomic mass is 10.1. The molecule has 0 unspecified atom stereocenters. The molecule has 0 aliphatic carbocycles. The molecule has 2 aromatic carbocycles. The first-order chi connectivity index (χ1) is 10.3. The van der Waals surface area contributed by atoms with Crippen molar-refractivity contribution in [3.8, 4) is 0 Å². The number of hydrogen-bond acceptors (Lipinski definition) is 4. The molecule has 3 aromatic rings. The van der Waals surface area contributed by atoms with Gasteiger partial charge in [0.2, 0.25) is 5.89 Å². The molecule has 3 rings (SSSR count). The van der Waals surface area contributed by atoms with Crippen molar-refractivity contribution in [3.05, 3.63) is 75.4 Å². The quantitative estimate of drug-likeness (QED) is 0.671. The summed E-state index contributed by atoms with van der Waals surface area (Å²) in [4.78, 5) is 4.41. The third-order valence-electron chi connectivity index (χ3n) is 3.02. The van der Waals surface area contributed by atoms with Gasteiger partial charge in [0.05, 0.1) is 6.54 Å². The Morgan fingerprint density at radius 3 is 2.57 bits per heavy atom. The molecule has 4 nitrogen and oxygen atoms in total. The van der Waals surface area contributed by atoms with E-state index in [9.17, 15) is 0 Å². The first-order valence-electron chi connectivity index (χ1n) is 6.65. The lowest BCUT2D eigenvalue weighted by molar-refractivity contribution is 0.378. The Labute approximate surface area is 136 Å². The molecule has 0 saturated heterocycles. The van der Waals surface area contributed by atoms with Gasteiger partial charge < -0.3 is 9.84 Å². The van der Waals surface area contributed by atoms with Crippen molar-refractivity contribution in [3.63, 3.8) is 0 Å². The van der Waals surface area contributed by atoms with Gasteiger partial charge in [-0.05, 0) is 40.3 Å². The molecule has 0 spiro atoms. The maximum absolute atomic E-state index is 5.27. The van der Waals surface area contributed by atoms with Crippen LogP contribution in [0, 0.1) is 3.57 Å². The topological polar surface area (TPSA) is 51.0 Å². The van der Waals surface area contributed by atoms with Gasteiger partial charge in [0.15, 0.2) is 5.82 Å². The van der Waals surface area contributed by atoms with Gasteiger partial charge in [0.25, 0.3) is 0 Å². The van der Waals surface area contributed by atoms with Crippen LogP contribution in [-0.2, 0) is 13.0 Å². The number of nitrogens with one attached hydrogen (secondary N) is 1. The zero-order valence-corrected chi connectivity index (χ0v) is 13.4. The molecule has 0 saturated carbocycles. The Kier molecular flexibility index (Phi) is 4.49. The van der Waals surface area contributed by atoms with Crippen LogP contribution in [0.3, 0.4) is 0 Å². The van der Waals surface area contributed by atoms with Gasteiger partial charge in [-0.1, -0.05) is 47.6 Å². The highest BCUT2D eigenvalue weighted by molar-refractivity contribution is 14.1. The number of hydrogen-bond donors (Lipinski definition) is 1. The summed E-state index contributed by atoms with van der Waals surface area (Å²) in [5.74, 6) is 1.31. The van der Waals surface area contributed by atoms with E-state index >= 15 is 0 Å². The van der Waals surface area contributed by atoms with Crippen LogP contribution in [0.15, 0.2) is 59.1 Å². The fourth-order valence-electron chi connectivity index (χ4n) is 1.99. The van der Waals surface area contributed by atoms with Crippen LogP contribution in [-0.4, -0.2) is 10.1 Å². The molecule has 21 heavy (non-hydrogen) atoms. The number of benzene rings is 2. The van der Waals surface area contributed by atoms with E-state index in [0.717, 1.165) is 5.69 Å². The Balaban J connectivity index is 1.62. The molecular formula is C16H14IN3O. The van der Waals surface area contributed by atoms with Gasteiger partial charge in [0.1, 0.15) is 0 Å². The molecule has 1 aromatic heterocycles. The summed E-state index contributed by atoms with van der Waals surface area (Å²) >= 11 is 2.29. The number of para-hydroxylation sites is 1. The van der Waals surface area contributed by atoms with Crippen LogP contribution in [0.5, 0.6) is 0 Å². The summed E-state index contributed by atoms with van der Waals surface area (Å²) < 4.78 is 6.44. The van der Waals surface area contributed by atoms with Crippen molar-refractivity contribution in [2.75, 3.05) is 5.32 Å². The largest absolute Gasteiger partial charge is 0.375 e. The van der Waals surface area contributed by atoms with E-state index in [1.807, 2.05) is 36.4 Å². The highest BCUT2D eigenvalue weighted by Gasteiger charge is 2.07. The molecule has 0 radical (unpaired) electrons. The van der Waals surface area contributed by atoms with E-state index in [-0.39, 0.29) is 0 Å². The maximum atomic E-state index is 5.27. The summed E-state index contributed by atoms with van der Waals surface area (Å²) in [7, 11) is 0. The zero-order chi connectivity index (χ0) is 14.5. The van der Waals surface area contributed by atoms with Crippen LogP contribution >= 0.6 is 22.6 Å². The molecule has 0 aliphatic heterocycles. The van der Waals surface area contributed by atoms with Crippen molar-refractivity contribution in [2.24, 2.45) is 0 Å². The van der Waals surface area contributed by atoms with Crippen molar-refractivity contribution >= 4 is 28.3 Å². The fourth-order valence-corrected chi connectivity index (χ4v) is 2.57. The van der Waals surface area contributed by atoms with Crippen molar-refractivity contribution in [1.82, 2.24) is 10.1 Å². The molecule has 106 valence electrons. The molecule has 1 N–H and O–H groups in total. The van der Waals surface area contributed by atoms with E-state index in [1.165, 1.54) is 9.13 Å². The van der Waals surface area contributed by atoms with Gasteiger partial charge in [-0.3, -0.25) is 0 Å². The third kappa shape index (κ3) is 3.81. The third-order valence-corrected chi connectivity index (χ3v) is 3.96. The van der Waals surface area contributed by atoms with Gasteiger partial charge in [0, 0.05) is 15.7 Å². The Bertz CT molecular complexity index is 712. The Morgan fingerprint density at radius 1 is 1.00 bits per heavy atom. The summed E-state index contributed by atoms with van der Waals surface area (Å²) in [6.07, 6.45) is 0.688. The van der Waals surface area contributed by atoms with Crippen LogP contribution in [0.4, 0.5) is 5.69 Å². The number of nitrogens with zero attached hydrogens (tertiary/aromatic N) is 2. The van der Waals surface area contributed by atoms with Crippen LogP contribution in [0.2, 0.25) is 0 Å². The monoisotopic (exact) mass is 391 g/mol. The molecule has 1 heterocycles. The second-order valence-corrected chi connectivity index (χ2v) is 5.76. The molecule has 5 heteroatoms. The van der Waals surface area contributed by atoms with Crippen molar-refractivity contribution in [1.29, 1.82) is 0 Å². The number of rotatable bonds is 5. The average molecular weight is 391 g/mol. The normalized spacial score (nSPS) is 10.5. The second-order valence-electron chi connectivity index (χ2n) is 4.60. The molecule has 0 atom stereocenters. The minimum atomic E-state index is 0.530. The zero-order valence-electron chi connectivity index (χ0n) is 11.3. The van der Waals surface area contributed by atoms with E-state index < -0.39 is 0 Å². The summed E-state index contributed by atoms with van der Waals surface area (Å²) in [5.41, 5.74) is 2.25. The predicted octanol–water partition coefficient (Wildman–Crippen LogP) is 3.88. The summed E-state index contributed by atoms with van der Waals surface area (Å²) in [6.45, 7) is 0.530. The summed E-state index contributed by atoms with van der Waals surface area (Å²) in [5, 5.41) is 7.32. The van der Waals surface area contributed by atoms with E-state index in [0.29, 0.717) is 24.7 Å². The van der Waals surface area contributed by atoms with Crippen LogP contribution < -0.4 is 5.32 Å². The SMILES string of the molecule is Ic1ccccc1NCc1nc(Cc2ccccc2)no1. The fraction of sp³-hybridized carbons (Fsp3) is 0.125. The smallest absolute Gasteiger partial charge is 0.245 e. The lowest BCUT2D eigenvalue weighted by Crippen LogP contribution is -2.01. The van der Waals surface area contributed by atoms with Gasteiger partial charge >= 0.3 is 0 Å². The number of anilines is 1. The van der Waals surface area contributed by atoms with Gasteiger partial charge in [-0.2, -0.15) is 4.98 Å². The minimum absolute atomic E-state index is 0.530. The highest BCUT2D eigenvalue weighted by Crippen LogP contribution is 2.17. The van der Waals surface area contributed by atoms with E-state index in [2.05, 4.69) is 56.2 Å². The second kappa shape index (κ2) is 6.71. The average Bonchev–Trinajstić information content (AvgIpc) is 2.95. The van der Waals surface area contributed by atoms with E-state index in [1.54, 1.807) is 0 Å². The standard InChI is InChI=1S/C16H14IN3O/c17-13-8-4-5-9-14(13)18-11-16-19-15(20-21-16)10-12-6-2-1-3-7-12/h1-9,18H,10-11H2. The first-order valence-corrected chi connectivity index (χ1v) is 7.73. The predicted molar refractivity (Wildman–Crippen MR) is 90.0 cm³/mol. The van der Waals surface area contributed by atoms with Crippen molar-refractivity contribution in [2.45, 2.75) is 13.0 Å². The van der Waals surface area contributed by atoms with Crippen LogP contribution in [0.1, 0.15) is 17.3 Å².